The lowest BCUT2D eigenvalue weighted by Gasteiger charge is -2.64. The lowest BCUT2D eigenvalue weighted by molar-refractivity contribution is -0.189. The maximum absolute atomic E-state index is 12.1. The zero-order chi connectivity index (χ0) is 17.0. The normalized spacial score (nSPS) is 44.3. The van der Waals surface area contributed by atoms with Crippen LogP contribution in [0.1, 0.15) is 43.2 Å². The van der Waals surface area contributed by atoms with E-state index >= 15 is 0 Å². The fraction of sp³-hybridized carbons (Fsp3) is 0.700. The molecule has 1 spiro atoms. The summed E-state index contributed by atoms with van der Waals surface area (Å²) in [5.41, 5.74) is 7.53. The van der Waals surface area contributed by atoms with E-state index in [1.54, 1.807) is 6.07 Å². The molecule has 2 bridgehead atoms. The van der Waals surface area contributed by atoms with E-state index in [-0.39, 0.29) is 23.9 Å². The summed E-state index contributed by atoms with van der Waals surface area (Å²) in [6.45, 7) is 2.10. The molecule has 0 radical (unpaired) electrons. The number of phenolic OH excluding ortho intramolecular Hbond substituents is 1. The molecule has 6 rings (SSSR count). The number of benzene rings is 1. The molecule has 1 aromatic rings. The van der Waals surface area contributed by atoms with Crippen LogP contribution in [0.25, 0.3) is 0 Å². The third-order valence-corrected chi connectivity index (χ3v) is 7.81. The Morgan fingerprint density at radius 2 is 2.08 bits per heavy atom. The third kappa shape index (κ3) is 1.61. The number of aromatic hydroxyl groups is 1. The Hall–Kier alpha value is -1.30. The van der Waals surface area contributed by atoms with Crippen molar-refractivity contribution in [1.29, 1.82) is 0 Å². The molecule has 0 aromatic heterocycles. The minimum atomic E-state index is -0.799. The van der Waals surface area contributed by atoms with Crippen molar-refractivity contribution in [3.05, 3.63) is 23.3 Å². The van der Waals surface area contributed by atoms with Crippen LogP contribution in [-0.2, 0) is 11.8 Å². The summed E-state index contributed by atoms with van der Waals surface area (Å²) in [6, 6.07) is 3.84. The van der Waals surface area contributed by atoms with Crippen LogP contribution in [-0.4, -0.2) is 52.0 Å². The Balaban J connectivity index is 1.57. The van der Waals surface area contributed by atoms with Crippen LogP contribution >= 0.6 is 0 Å². The molecule has 2 aliphatic heterocycles. The fourth-order valence-corrected chi connectivity index (χ4v) is 6.52. The monoisotopic (exact) mass is 342 g/mol. The molecule has 1 unspecified atom stereocenters. The van der Waals surface area contributed by atoms with Crippen LogP contribution in [0, 0.1) is 5.92 Å². The zero-order valence-electron chi connectivity index (χ0n) is 14.4. The van der Waals surface area contributed by atoms with Crippen molar-refractivity contribution in [1.82, 2.24) is 4.90 Å². The van der Waals surface area contributed by atoms with Gasteiger partial charge in [0.2, 0.25) is 0 Å². The highest BCUT2D eigenvalue weighted by atomic mass is 16.5. The van der Waals surface area contributed by atoms with Crippen LogP contribution in [0.3, 0.4) is 0 Å². The van der Waals surface area contributed by atoms with Crippen LogP contribution < -0.4 is 10.5 Å². The van der Waals surface area contributed by atoms with E-state index in [2.05, 4.69) is 4.90 Å². The molecule has 5 aliphatic rings. The number of nitrogens with zero attached hydrogens (tertiary/aromatic N) is 1. The molecule has 5 heteroatoms. The first-order chi connectivity index (χ1) is 12.0. The molecular weight excluding hydrogens is 316 g/mol. The third-order valence-electron chi connectivity index (χ3n) is 7.81. The number of hydrogen-bond acceptors (Lipinski definition) is 5. The molecule has 0 amide bonds. The van der Waals surface area contributed by atoms with Crippen molar-refractivity contribution in [2.45, 2.75) is 67.7 Å². The number of likely N-dealkylation sites (tertiary alicyclic amines) is 1. The van der Waals surface area contributed by atoms with Gasteiger partial charge < -0.3 is 20.7 Å². The van der Waals surface area contributed by atoms with Gasteiger partial charge in [-0.3, -0.25) is 4.90 Å². The van der Waals surface area contributed by atoms with E-state index in [1.165, 1.54) is 18.4 Å². The van der Waals surface area contributed by atoms with E-state index in [0.717, 1.165) is 50.3 Å². The smallest absolute Gasteiger partial charge is 0.165 e. The maximum Gasteiger partial charge on any atom is 0.165 e. The van der Waals surface area contributed by atoms with Crippen molar-refractivity contribution in [3.63, 3.8) is 0 Å². The number of ether oxygens (including phenoxy) is 1. The Kier molecular flexibility index (Phi) is 2.67. The number of aliphatic hydroxyl groups is 1. The van der Waals surface area contributed by atoms with E-state index in [0.29, 0.717) is 5.75 Å². The van der Waals surface area contributed by atoms with E-state index in [9.17, 15) is 10.2 Å². The Morgan fingerprint density at radius 1 is 1.24 bits per heavy atom. The average molecular weight is 342 g/mol. The molecule has 3 aliphatic carbocycles. The van der Waals surface area contributed by atoms with Crippen LogP contribution in [0.15, 0.2) is 12.1 Å². The molecule has 5 atom stereocenters. The standard InChI is InChI=1S/C20H26N2O3/c21-13-5-6-20(24)15-9-12-3-4-14(23)17-16(12)19(20,18(13)25-17)7-8-22(15)10-11-1-2-11/h3-4,11,13,15,18,23-24H,1-2,5-10,21H2/t13-,15-,18+,19+,20?/m1/s1. The first-order valence-corrected chi connectivity index (χ1v) is 9.78. The van der Waals surface area contributed by atoms with Gasteiger partial charge >= 0.3 is 0 Å². The molecule has 2 heterocycles. The van der Waals surface area contributed by atoms with Crippen molar-refractivity contribution in [2.24, 2.45) is 11.7 Å². The van der Waals surface area contributed by atoms with E-state index in [4.69, 9.17) is 10.5 Å². The van der Waals surface area contributed by atoms with Gasteiger partial charge in [0.15, 0.2) is 11.5 Å². The molecular formula is C20H26N2O3. The summed E-state index contributed by atoms with van der Waals surface area (Å²) in [6.07, 6.45) is 5.66. The summed E-state index contributed by atoms with van der Waals surface area (Å²) in [5.74, 6) is 1.60. The number of hydrogen-bond donors (Lipinski definition) is 3. The summed E-state index contributed by atoms with van der Waals surface area (Å²) >= 11 is 0. The van der Waals surface area contributed by atoms with Gasteiger partial charge in [0, 0.05) is 24.2 Å². The highest BCUT2D eigenvalue weighted by Gasteiger charge is 2.72. The average Bonchev–Trinajstić information content (AvgIpc) is 3.32. The minimum absolute atomic E-state index is 0.0892. The zero-order valence-corrected chi connectivity index (χ0v) is 14.4. The lowest BCUT2D eigenvalue weighted by Crippen LogP contribution is -2.77. The van der Waals surface area contributed by atoms with Crippen molar-refractivity contribution in [3.8, 4) is 11.5 Å². The van der Waals surface area contributed by atoms with Gasteiger partial charge in [0.1, 0.15) is 6.10 Å². The Bertz CT molecular complexity index is 764. The van der Waals surface area contributed by atoms with Crippen LogP contribution in [0.5, 0.6) is 11.5 Å². The van der Waals surface area contributed by atoms with Gasteiger partial charge in [0.25, 0.3) is 0 Å². The molecule has 1 saturated heterocycles. The molecule has 5 nitrogen and oxygen atoms in total. The number of nitrogens with two attached hydrogens (primary N) is 1. The molecule has 134 valence electrons. The highest BCUT2D eigenvalue weighted by Crippen LogP contribution is 2.65. The maximum atomic E-state index is 12.1. The number of phenols is 1. The van der Waals surface area contributed by atoms with Gasteiger partial charge in [-0.2, -0.15) is 0 Å². The molecule has 25 heavy (non-hydrogen) atoms. The molecule has 4 N–H and O–H groups in total. The Labute approximate surface area is 147 Å². The summed E-state index contributed by atoms with van der Waals surface area (Å²) < 4.78 is 6.26. The second-order valence-corrected chi connectivity index (χ2v) is 8.99. The van der Waals surface area contributed by atoms with Gasteiger partial charge in [0.05, 0.1) is 11.0 Å². The predicted molar refractivity (Wildman–Crippen MR) is 92.8 cm³/mol. The number of rotatable bonds is 2. The van der Waals surface area contributed by atoms with E-state index < -0.39 is 11.0 Å². The topological polar surface area (TPSA) is 79.0 Å². The van der Waals surface area contributed by atoms with Crippen molar-refractivity contribution >= 4 is 0 Å². The largest absolute Gasteiger partial charge is 0.504 e. The van der Waals surface area contributed by atoms with Gasteiger partial charge in [-0.25, -0.2) is 0 Å². The first-order valence-electron chi connectivity index (χ1n) is 9.78. The summed E-state index contributed by atoms with van der Waals surface area (Å²) in [7, 11) is 0. The first kappa shape index (κ1) is 14.8. The lowest BCUT2D eigenvalue weighted by atomic mass is 9.48. The summed E-state index contributed by atoms with van der Waals surface area (Å²) in [4.78, 5) is 2.55. The van der Waals surface area contributed by atoms with Crippen LogP contribution in [0.4, 0.5) is 0 Å². The number of piperidine rings is 1. The fourth-order valence-electron chi connectivity index (χ4n) is 6.52. The van der Waals surface area contributed by atoms with Crippen molar-refractivity contribution < 1.29 is 14.9 Å². The summed E-state index contributed by atoms with van der Waals surface area (Å²) in [5, 5.41) is 22.5. The van der Waals surface area contributed by atoms with Gasteiger partial charge in [-0.1, -0.05) is 6.07 Å². The SMILES string of the molecule is N[C@@H]1CCC2(O)[C@H]3Cc4ccc(O)c5c4[C@@]2(CCN3CC2CC2)[C@H]1O5. The molecule has 1 aromatic carbocycles. The second kappa shape index (κ2) is 4.51. The minimum Gasteiger partial charge on any atom is -0.504 e. The second-order valence-electron chi connectivity index (χ2n) is 8.99. The van der Waals surface area contributed by atoms with Crippen LogP contribution in [0.2, 0.25) is 0 Å². The predicted octanol–water partition coefficient (Wildman–Crippen LogP) is 1.28. The van der Waals surface area contributed by atoms with Gasteiger partial charge in [-0.15, -0.1) is 0 Å². The molecule has 2 saturated carbocycles. The van der Waals surface area contributed by atoms with E-state index in [1.807, 2.05) is 6.07 Å². The quantitative estimate of drug-likeness (QED) is 0.755. The molecule has 3 fully saturated rings. The highest BCUT2D eigenvalue weighted by molar-refractivity contribution is 5.62. The van der Waals surface area contributed by atoms with Crippen molar-refractivity contribution in [2.75, 3.05) is 13.1 Å². The Morgan fingerprint density at radius 3 is 2.88 bits per heavy atom. The van der Waals surface area contributed by atoms with Gasteiger partial charge in [-0.05, 0) is 62.6 Å².